The van der Waals surface area contributed by atoms with Gasteiger partial charge in [0.2, 0.25) is 0 Å². The topological polar surface area (TPSA) is 55.4 Å². The van der Waals surface area contributed by atoms with Crippen LogP contribution in [0.5, 0.6) is 0 Å². The van der Waals surface area contributed by atoms with Crippen LogP contribution in [0.3, 0.4) is 0 Å². The molecule has 1 aromatic carbocycles. The van der Waals surface area contributed by atoms with Gasteiger partial charge >= 0.3 is 5.97 Å². The monoisotopic (exact) mass is 379 g/mol. The van der Waals surface area contributed by atoms with Gasteiger partial charge in [-0.05, 0) is 36.5 Å². The van der Waals surface area contributed by atoms with Crippen LogP contribution in [0.25, 0.3) is 6.08 Å². The van der Waals surface area contributed by atoms with Gasteiger partial charge in [0.1, 0.15) is 0 Å². The minimum atomic E-state index is -0.521. The molecule has 0 aromatic heterocycles. The van der Waals surface area contributed by atoms with Crippen molar-refractivity contribution < 1.29 is 14.3 Å². The first-order chi connectivity index (χ1) is 11.1. The Morgan fingerprint density at radius 3 is 2.78 bits per heavy atom. The molecule has 0 radical (unpaired) electrons. The number of nitrogens with one attached hydrogen (secondary N) is 1. The van der Waals surface area contributed by atoms with E-state index in [-0.39, 0.29) is 18.6 Å². The zero-order valence-corrected chi connectivity index (χ0v) is 14.8. The highest BCUT2D eigenvalue weighted by atomic mass is 79.9. The number of rotatable bonds is 5. The third-order valence-corrected chi connectivity index (χ3v) is 4.83. The molecule has 2 rings (SSSR count). The summed E-state index contributed by atoms with van der Waals surface area (Å²) in [6.45, 7) is 1.92. The summed E-state index contributed by atoms with van der Waals surface area (Å²) in [5.74, 6) is -0.266. The minimum Gasteiger partial charge on any atom is -0.452 e. The first-order valence-electron chi connectivity index (χ1n) is 7.95. The van der Waals surface area contributed by atoms with Crippen LogP contribution in [0.4, 0.5) is 0 Å². The Balaban J connectivity index is 1.75. The largest absolute Gasteiger partial charge is 0.452 e. The first-order valence-corrected chi connectivity index (χ1v) is 8.74. The molecule has 1 fully saturated rings. The molecule has 1 aromatic rings. The summed E-state index contributed by atoms with van der Waals surface area (Å²) in [7, 11) is 0. The lowest BCUT2D eigenvalue weighted by Gasteiger charge is -2.29. The molecule has 0 unspecified atom stereocenters. The maximum Gasteiger partial charge on any atom is 0.331 e. The highest BCUT2D eigenvalue weighted by molar-refractivity contribution is 9.10. The van der Waals surface area contributed by atoms with E-state index in [1.807, 2.05) is 24.3 Å². The Bertz CT molecular complexity index is 585. The summed E-state index contributed by atoms with van der Waals surface area (Å²) in [6, 6.07) is 7.76. The van der Waals surface area contributed by atoms with Crippen LogP contribution in [0.15, 0.2) is 34.8 Å². The van der Waals surface area contributed by atoms with Gasteiger partial charge in [0.05, 0.1) is 0 Å². The first kappa shape index (κ1) is 17.7. The van der Waals surface area contributed by atoms with Gasteiger partial charge in [-0.1, -0.05) is 53.9 Å². The summed E-state index contributed by atoms with van der Waals surface area (Å²) in [5, 5.41) is 2.96. The maximum absolute atomic E-state index is 11.9. The average Bonchev–Trinajstić information content (AvgIpc) is 2.54. The third kappa shape index (κ3) is 5.82. The Labute approximate surface area is 145 Å². The summed E-state index contributed by atoms with van der Waals surface area (Å²) in [5.41, 5.74) is 0.880. The summed E-state index contributed by atoms with van der Waals surface area (Å²) >= 11 is 3.40. The molecule has 1 aliphatic rings. The zero-order chi connectivity index (χ0) is 16.7. The van der Waals surface area contributed by atoms with Gasteiger partial charge in [0.15, 0.2) is 6.61 Å². The second-order valence-electron chi connectivity index (χ2n) is 5.90. The van der Waals surface area contributed by atoms with Crippen LogP contribution in [0, 0.1) is 5.92 Å². The van der Waals surface area contributed by atoms with E-state index in [1.54, 1.807) is 6.08 Å². The van der Waals surface area contributed by atoms with Gasteiger partial charge < -0.3 is 10.1 Å². The van der Waals surface area contributed by atoms with Gasteiger partial charge in [-0.25, -0.2) is 4.79 Å². The molecule has 1 aliphatic carbocycles. The van der Waals surface area contributed by atoms with Gasteiger partial charge in [-0.15, -0.1) is 0 Å². The number of esters is 1. The summed E-state index contributed by atoms with van der Waals surface area (Å²) < 4.78 is 5.89. The summed E-state index contributed by atoms with van der Waals surface area (Å²) in [6.07, 6.45) is 7.50. The predicted octanol–water partition coefficient (Wildman–Crippen LogP) is 3.70. The molecule has 124 valence electrons. The molecule has 23 heavy (non-hydrogen) atoms. The van der Waals surface area contributed by atoms with Crippen LogP contribution in [-0.4, -0.2) is 24.5 Å². The normalized spacial score (nSPS) is 21.1. The number of ether oxygens (including phenoxy) is 1. The van der Waals surface area contributed by atoms with Crippen molar-refractivity contribution in [2.75, 3.05) is 6.61 Å². The number of amides is 1. The van der Waals surface area contributed by atoms with Crippen molar-refractivity contribution in [2.45, 2.75) is 38.6 Å². The van der Waals surface area contributed by atoms with E-state index in [0.29, 0.717) is 5.92 Å². The highest BCUT2D eigenvalue weighted by Gasteiger charge is 2.22. The van der Waals surface area contributed by atoms with Crippen LogP contribution in [0.2, 0.25) is 0 Å². The Kier molecular flexibility index (Phi) is 6.84. The number of halogens is 1. The molecule has 4 nitrogen and oxygen atoms in total. The third-order valence-electron chi connectivity index (χ3n) is 4.11. The predicted molar refractivity (Wildman–Crippen MR) is 93.7 cm³/mol. The Hall–Kier alpha value is -1.62. The zero-order valence-electron chi connectivity index (χ0n) is 13.3. The fourth-order valence-electron chi connectivity index (χ4n) is 2.73. The van der Waals surface area contributed by atoms with E-state index in [1.165, 1.54) is 12.5 Å². The molecular weight excluding hydrogens is 358 g/mol. The van der Waals surface area contributed by atoms with Crippen LogP contribution < -0.4 is 5.32 Å². The molecule has 0 aliphatic heterocycles. The van der Waals surface area contributed by atoms with E-state index in [2.05, 4.69) is 28.2 Å². The van der Waals surface area contributed by atoms with Crippen LogP contribution in [-0.2, 0) is 14.3 Å². The van der Waals surface area contributed by atoms with Crippen molar-refractivity contribution in [3.05, 3.63) is 40.4 Å². The molecule has 5 heteroatoms. The minimum absolute atomic E-state index is 0.200. The number of carbonyl (C=O) groups excluding carboxylic acids is 2. The Morgan fingerprint density at radius 2 is 2.04 bits per heavy atom. The lowest BCUT2D eigenvalue weighted by atomic mass is 9.86. The molecule has 0 spiro atoms. The second-order valence-corrected chi connectivity index (χ2v) is 6.75. The fraction of sp³-hybridized carbons (Fsp3) is 0.444. The smallest absolute Gasteiger partial charge is 0.331 e. The van der Waals surface area contributed by atoms with Crippen molar-refractivity contribution in [1.29, 1.82) is 0 Å². The average molecular weight is 380 g/mol. The molecule has 1 amide bonds. The van der Waals surface area contributed by atoms with Crippen LogP contribution in [0.1, 0.15) is 38.2 Å². The van der Waals surface area contributed by atoms with Crippen molar-refractivity contribution in [3.63, 3.8) is 0 Å². The molecule has 0 bridgehead atoms. The van der Waals surface area contributed by atoms with Crippen molar-refractivity contribution in [2.24, 2.45) is 5.92 Å². The van der Waals surface area contributed by atoms with Crippen molar-refractivity contribution >= 4 is 33.9 Å². The number of carbonyl (C=O) groups is 2. The SMILES string of the molecule is C[C@H]1CCCC[C@H]1NC(=O)COC(=O)/C=C/c1ccccc1Br. The standard InChI is InChI=1S/C18H22BrNO3/c1-13-6-2-5-9-16(13)20-17(21)12-23-18(22)11-10-14-7-3-4-8-15(14)19/h3-4,7-8,10-11,13,16H,2,5-6,9,12H2,1H3,(H,20,21)/b11-10+/t13-,16+/m0/s1. The maximum atomic E-state index is 11.9. The second kappa shape index (κ2) is 8.87. The van der Waals surface area contributed by atoms with E-state index in [9.17, 15) is 9.59 Å². The van der Waals surface area contributed by atoms with Crippen molar-refractivity contribution in [1.82, 2.24) is 5.32 Å². The highest BCUT2D eigenvalue weighted by Crippen LogP contribution is 2.23. The van der Waals surface area contributed by atoms with E-state index in [0.717, 1.165) is 29.3 Å². The van der Waals surface area contributed by atoms with Crippen molar-refractivity contribution in [3.8, 4) is 0 Å². The lowest BCUT2D eigenvalue weighted by molar-refractivity contribution is -0.144. The molecule has 2 atom stereocenters. The van der Waals surface area contributed by atoms with Gasteiger partial charge in [0, 0.05) is 16.6 Å². The number of benzene rings is 1. The molecule has 0 heterocycles. The fourth-order valence-corrected chi connectivity index (χ4v) is 3.15. The van der Waals surface area contributed by atoms with Gasteiger partial charge in [0.25, 0.3) is 5.91 Å². The molecule has 1 saturated carbocycles. The summed E-state index contributed by atoms with van der Waals surface area (Å²) in [4.78, 5) is 23.6. The molecular formula is C18H22BrNO3. The quantitative estimate of drug-likeness (QED) is 0.626. The number of hydrogen-bond donors (Lipinski definition) is 1. The Morgan fingerprint density at radius 1 is 1.30 bits per heavy atom. The van der Waals surface area contributed by atoms with E-state index >= 15 is 0 Å². The van der Waals surface area contributed by atoms with Crippen LogP contribution >= 0.6 is 15.9 Å². The van der Waals surface area contributed by atoms with Gasteiger partial charge in [-0.3, -0.25) is 4.79 Å². The van der Waals surface area contributed by atoms with E-state index in [4.69, 9.17) is 4.74 Å². The lowest BCUT2D eigenvalue weighted by Crippen LogP contribution is -2.42. The molecule has 0 saturated heterocycles. The van der Waals surface area contributed by atoms with Gasteiger partial charge in [-0.2, -0.15) is 0 Å². The molecule has 1 N–H and O–H groups in total. The number of hydrogen-bond acceptors (Lipinski definition) is 3. The van der Waals surface area contributed by atoms with E-state index < -0.39 is 5.97 Å².